The van der Waals surface area contributed by atoms with Gasteiger partial charge in [0.1, 0.15) is 5.82 Å². The van der Waals surface area contributed by atoms with Crippen LogP contribution in [0, 0.1) is 12.7 Å². The van der Waals surface area contributed by atoms with Crippen LogP contribution in [-0.2, 0) is 0 Å². The van der Waals surface area contributed by atoms with Crippen LogP contribution in [0.3, 0.4) is 0 Å². The highest BCUT2D eigenvalue weighted by molar-refractivity contribution is 6.31. The van der Waals surface area contributed by atoms with E-state index in [-0.39, 0.29) is 17.1 Å². The molecule has 1 aromatic carbocycles. The Hall–Kier alpha value is -0.270. The van der Waals surface area contributed by atoms with E-state index < -0.39 is 0 Å². The summed E-state index contributed by atoms with van der Waals surface area (Å²) in [6.45, 7) is 5.44. The summed E-state index contributed by atoms with van der Waals surface area (Å²) in [5.74, 6) is -0.245. The maximum Gasteiger partial charge on any atom is 0.131 e. The predicted molar refractivity (Wildman–Crippen MR) is 59.9 cm³/mol. The first-order chi connectivity index (χ1) is 6.45. The summed E-state index contributed by atoms with van der Waals surface area (Å²) < 4.78 is 13.7. The molecule has 78 valence electrons. The maximum atomic E-state index is 13.7. The van der Waals surface area contributed by atoms with E-state index in [2.05, 4.69) is 0 Å². The van der Waals surface area contributed by atoms with Gasteiger partial charge in [-0.1, -0.05) is 24.6 Å². The minimum Gasteiger partial charge on any atom is -0.206 e. The summed E-state index contributed by atoms with van der Waals surface area (Å²) in [6.07, 6.45) is 0. The lowest BCUT2D eigenvalue weighted by Gasteiger charge is -2.16. The van der Waals surface area contributed by atoms with Crippen molar-refractivity contribution in [2.75, 3.05) is 0 Å². The van der Waals surface area contributed by atoms with Gasteiger partial charge in [-0.2, -0.15) is 0 Å². The van der Waals surface area contributed by atoms with Crippen molar-refractivity contribution >= 4 is 23.2 Å². The van der Waals surface area contributed by atoms with Gasteiger partial charge >= 0.3 is 0 Å². The van der Waals surface area contributed by atoms with E-state index in [0.717, 1.165) is 0 Å². The Morgan fingerprint density at radius 1 is 1.29 bits per heavy atom. The summed E-state index contributed by atoms with van der Waals surface area (Å²) in [7, 11) is 0. The van der Waals surface area contributed by atoms with Crippen LogP contribution in [0.25, 0.3) is 0 Å². The highest BCUT2D eigenvalue weighted by atomic mass is 35.5. The van der Waals surface area contributed by atoms with Gasteiger partial charge in [0, 0.05) is 21.9 Å². The third-order valence-corrected chi connectivity index (χ3v) is 3.32. The molecular formula is C11H13Cl2F. The van der Waals surface area contributed by atoms with Gasteiger partial charge in [0.15, 0.2) is 0 Å². The molecule has 0 aliphatic carbocycles. The molecule has 0 N–H and O–H groups in total. The molecular weight excluding hydrogens is 222 g/mol. The highest BCUT2D eigenvalue weighted by Crippen LogP contribution is 2.29. The van der Waals surface area contributed by atoms with Crippen molar-refractivity contribution in [2.24, 2.45) is 0 Å². The number of benzene rings is 1. The van der Waals surface area contributed by atoms with E-state index in [1.165, 1.54) is 0 Å². The van der Waals surface area contributed by atoms with Crippen molar-refractivity contribution < 1.29 is 4.39 Å². The minimum atomic E-state index is -0.238. The fraction of sp³-hybridized carbons (Fsp3) is 0.455. The first-order valence-corrected chi connectivity index (χ1v) is 5.35. The van der Waals surface area contributed by atoms with Crippen LogP contribution in [0.15, 0.2) is 12.1 Å². The molecule has 2 unspecified atom stereocenters. The molecule has 1 aromatic rings. The molecule has 0 saturated heterocycles. The summed E-state index contributed by atoms with van der Waals surface area (Å²) in [4.78, 5) is 0. The molecule has 0 radical (unpaired) electrons. The first kappa shape index (κ1) is 11.8. The summed E-state index contributed by atoms with van der Waals surface area (Å²) >= 11 is 11.7. The number of alkyl halides is 1. The molecule has 0 aliphatic heterocycles. The molecule has 0 saturated carbocycles. The molecule has 0 spiro atoms. The SMILES string of the molecule is Cc1c(Cl)ccc(C(C)C(C)Cl)c1F. The van der Waals surface area contributed by atoms with E-state index in [0.29, 0.717) is 16.1 Å². The van der Waals surface area contributed by atoms with E-state index >= 15 is 0 Å². The van der Waals surface area contributed by atoms with Gasteiger partial charge in [-0.05, 0) is 25.5 Å². The molecule has 2 atom stereocenters. The Labute approximate surface area is 94.0 Å². The lowest BCUT2D eigenvalue weighted by Crippen LogP contribution is -2.08. The van der Waals surface area contributed by atoms with Gasteiger partial charge < -0.3 is 0 Å². The van der Waals surface area contributed by atoms with Gasteiger partial charge in [0.2, 0.25) is 0 Å². The molecule has 0 bridgehead atoms. The zero-order chi connectivity index (χ0) is 10.9. The molecule has 0 fully saturated rings. The lowest BCUT2D eigenvalue weighted by atomic mass is 9.96. The average Bonchev–Trinajstić information content (AvgIpc) is 2.13. The van der Waals surface area contributed by atoms with E-state index in [1.807, 2.05) is 13.8 Å². The molecule has 0 nitrogen and oxygen atoms in total. The number of hydrogen-bond donors (Lipinski definition) is 0. The third kappa shape index (κ3) is 2.21. The van der Waals surface area contributed by atoms with Gasteiger partial charge in [-0.25, -0.2) is 4.39 Å². The molecule has 0 aromatic heterocycles. The summed E-state index contributed by atoms with van der Waals surface area (Å²) in [6, 6.07) is 3.42. The fourth-order valence-corrected chi connectivity index (χ4v) is 1.56. The van der Waals surface area contributed by atoms with E-state index in [9.17, 15) is 4.39 Å². The summed E-state index contributed by atoms with van der Waals surface area (Å²) in [5.41, 5.74) is 1.13. The minimum absolute atomic E-state index is 0.00682. The number of hydrogen-bond acceptors (Lipinski definition) is 0. The Bertz CT molecular complexity index is 334. The zero-order valence-electron chi connectivity index (χ0n) is 8.44. The Morgan fingerprint density at radius 3 is 2.36 bits per heavy atom. The highest BCUT2D eigenvalue weighted by Gasteiger charge is 2.17. The monoisotopic (exact) mass is 234 g/mol. The maximum absolute atomic E-state index is 13.7. The second-order valence-electron chi connectivity index (χ2n) is 3.54. The van der Waals surface area contributed by atoms with Crippen LogP contribution in [-0.4, -0.2) is 5.38 Å². The van der Waals surface area contributed by atoms with Gasteiger partial charge in [0.25, 0.3) is 0 Å². The Kier molecular flexibility index (Phi) is 3.79. The standard InChI is InChI=1S/C11H13Cl2F/c1-6(8(3)12)9-4-5-10(13)7(2)11(9)14/h4-6,8H,1-3H3. The number of halogens is 3. The second-order valence-corrected chi connectivity index (χ2v) is 4.64. The van der Waals surface area contributed by atoms with Crippen molar-refractivity contribution in [3.8, 4) is 0 Å². The van der Waals surface area contributed by atoms with E-state index in [4.69, 9.17) is 23.2 Å². The van der Waals surface area contributed by atoms with Crippen molar-refractivity contribution in [1.82, 2.24) is 0 Å². The van der Waals surface area contributed by atoms with Crippen molar-refractivity contribution in [2.45, 2.75) is 32.1 Å². The smallest absolute Gasteiger partial charge is 0.131 e. The van der Waals surface area contributed by atoms with Crippen molar-refractivity contribution in [3.63, 3.8) is 0 Å². The van der Waals surface area contributed by atoms with Crippen LogP contribution < -0.4 is 0 Å². The van der Waals surface area contributed by atoms with Crippen molar-refractivity contribution in [3.05, 3.63) is 34.1 Å². The average molecular weight is 235 g/mol. The zero-order valence-corrected chi connectivity index (χ0v) is 9.96. The molecule has 0 heterocycles. The normalized spacial score (nSPS) is 15.3. The second kappa shape index (κ2) is 4.50. The van der Waals surface area contributed by atoms with Crippen LogP contribution in [0.4, 0.5) is 4.39 Å². The molecule has 0 amide bonds. The molecule has 14 heavy (non-hydrogen) atoms. The Balaban J connectivity index is 3.17. The van der Waals surface area contributed by atoms with Crippen LogP contribution in [0.5, 0.6) is 0 Å². The van der Waals surface area contributed by atoms with Crippen molar-refractivity contribution in [1.29, 1.82) is 0 Å². The van der Waals surface area contributed by atoms with Crippen LogP contribution in [0.2, 0.25) is 5.02 Å². The topological polar surface area (TPSA) is 0 Å². The summed E-state index contributed by atoms with van der Waals surface area (Å²) in [5, 5.41) is 0.366. The van der Waals surface area contributed by atoms with Gasteiger partial charge in [-0.3, -0.25) is 0 Å². The molecule has 3 heteroatoms. The lowest BCUT2D eigenvalue weighted by molar-refractivity contribution is 0.578. The largest absolute Gasteiger partial charge is 0.206 e. The number of rotatable bonds is 2. The van der Waals surface area contributed by atoms with E-state index in [1.54, 1.807) is 19.1 Å². The predicted octanol–water partition coefficient (Wildman–Crippen LogP) is 4.52. The first-order valence-electron chi connectivity index (χ1n) is 4.53. The van der Waals surface area contributed by atoms with Gasteiger partial charge in [-0.15, -0.1) is 11.6 Å². The molecule has 0 aliphatic rings. The van der Waals surface area contributed by atoms with Crippen LogP contribution in [0.1, 0.15) is 30.9 Å². The molecule has 1 rings (SSSR count). The fourth-order valence-electron chi connectivity index (χ4n) is 1.28. The third-order valence-electron chi connectivity index (χ3n) is 2.53. The van der Waals surface area contributed by atoms with Crippen LogP contribution >= 0.6 is 23.2 Å². The quantitative estimate of drug-likeness (QED) is 0.661. The Morgan fingerprint density at radius 2 is 1.86 bits per heavy atom. The van der Waals surface area contributed by atoms with Gasteiger partial charge in [0.05, 0.1) is 0 Å².